The Morgan fingerprint density at radius 2 is 2.29 bits per heavy atom. The van der Waals surface area contributed by atoms with Gasteiger partial charge < -0.3 is 20.3 Å². The highest BCUT2D eigenvalue weighted by atomic mass is 16.5. The molecular weight excluding hydrogens is 266 g/mol. The lowest BCUT2D eigenvalue weighted by atomic mass is 9.69. The number of hydrogen-bond acceptors (Lipinski definition) is 4. The highest BCUT2D eigenvalue weighted by Gasteiger charge is 2.52. The molecule has 1 aromatic rings. The molecule has 3 N–H and O–H groups in total. The van der Waals surface area contributed by atoms with E-state index in [1.165, 1.54) is 11.1 Å². The van der Waals surface area contributed by atoms with E-state index in [0.717, 1.165) is 30.8 Å². The maximum absolute atomic E-state index is 9.96. The number of methoxy groups -OCH3 is 1. The van der Waals surface area contributed by atoms with Gasteiger partial charge in [0.15, 0.2) is 11.5 Å². The molecular formula is C17H21NO3. The zero-order valence-corrected chi connectivity index (χ0v) is 12.2. The van der Waals surface area contributed by atoms with Crippen molar-refractivity contribution in [1.29, 1.82) is 0 Å². The first-order valence-electron chi connectivity index (χ1n) is 7.67. The van der Waals surface area contributed by atoms with Crippen LogP contribution in [0.2, 0.25) is 0 Å². The maximum Gasteiger partial charge on any atom is 0.166 e. The van der Waals surface area contributed by atoms with Crippen LogP contribution in [0, 0.1) is 0 Å². The van der Waals surface area contributed by atoms with Gasteiger partial charge in [-0.05, 0) is 24.5 Å². The molecule has 3 aliphatic rings. The minimum absolute atomic E-state index is 0.0205. The molecule has 1 aliphatic heterocycles. The van der Waals surface area contributed by atoms with Gasteiger partial charge in [0, 0.05) is 18.0 Å². The Morgan fingerprint density at radius 3 is 3.10 bits per heavy atom. The molecule has 0 radical (unpaired) electrons. The van der Waals surface area contributed by atoms with E-state index in [2.05, 4.69) is 12.1 Å². The van der Waals surface area contributed by atoms with Gasteiger partial charge in [-0.1, -0.05) is 24.6 Å². The summed E-state index contributed by atoms with van der Waals surface area (Å²) < 4.78 is 11.7. The second-order valence-corrected chi connectivity index (χ2v) is 6.37. The van der Waals surface area contributed by atoms with E-state index in [-0.39, 0.29) is 17.6 Å². The molecule has 1 heterocycles. The van der Waals surface area contributed by atoms with Crippen LogP contribution in [0.25, 0.3) is 0 Å². The Hall–Kier alpha value is -1.52. The number of rotatable bonds is 1. The van der Waals surface area contributed by atoms with Crippen LogP contribution in [-0.2, 0) is 5.41 Å². The molecule has 2 unspecified atom stereocenters. The lowest BCUT2D eigenvalue weighted by Crippen LogP contribution is -2.41. The highest BCUT2D eigenvalue weighted by Crippen LogP contribution is 2.57. The van der Waals surface area contributed by atoms with Crippen LogP contribution in [0.15, 0.2) is 24.3 Å². The SMILES string of the molecule is COc1ccc2c3c1O[C@@H]1CC(O)C=CC31CCC[C@@H]2N. The lowest BCUT2D eigenvalue weighted by Gasteiger charge is -2.35. The fourth-order valence-electron chi connectivity index (χ4n) is 4.22. The Morgan fingerprint density at radius 1 is 1.43 bits per heavy atom. The summed E-state index contributed by atoms with van der Waals surface area (Å²) in [6.45, 7) is 0. The molecule has 21 heavy (non-hydrogen) atoms. The van der Waals surface area contributed by atoms with Crippen LogP contribution < -0.4 is 15.2 Å². The quantitative estimate of drug-likeness (QED) is 0.777. The van der Waals surface area contributed by atoms with Crippen molar-refractivity contribution < 1.29 is 14.6 Å². The molecule has 112 valence electrons. The molecule has 1 aromatic carbocycles. The van der Waals surface area contributed by atoms with Gasteiger partial charge in [0.25, 0.3) is 0 Å². The fourth-order valence-corrected chi connectivity index (χ4v) is 4.22. The standard InChI is InChI=1S/C17H21NO3/c1-20-13-5-4-11-12(18)3-2-7-17-8-6-10(19)9-14(17)21-16(13)15(11)17/h4-6,8,10,12,14,19H,2-3,7,9,18H2,1H3/t10?,12-,14+,17?/m0/s1. The number of benzene rings is 1. The van der Waals surface area contributed by atoms with E-state index < -0.39 is 6.10 Å². The van der Waals surface area contributed by atoms with E-state index in [0.29, 0.717) is 6.42 Å². The van der Waals surface area contributed by atoms with Crippen molar-refractivity contribution >= 4 is 0 Å². The minimum Gasteiger partial charge on any atom is -0.493 e. The van der Waals surface area contributed by atoms with Crippen LogP contribution in [-0.4, -0.2) is 24.4 Å². The van der Waals surface area contributed by atoms with Crippen LogP contribution in [0.5, 0.6) is 11.5 Å². The number of hydrogen-bond donors (Lipinski definition) is 2. The molecule has 0 amide bonds. The molecule has 4 heteroatoms. The van der Waals surface area contributed by atoms with Gasteiger partial charge in [-0.15, -0.1) is 0 Å². The summed E-state index contributed by atoms with van der Waals surface area (Å²) >= 11 is 0. The van der Waals surface area contributed by atoms with Crippen molar-refractivity contribution in [3.05, 3.63) is 35.4 Å². The summed E-state index contributed by atoms with van der Waals surface area (Å²) in [6.07, 6.45) is 7.31. The van der Waals surface area contributed by atoms with Crippen molar-refractivity contribution in [3.8, 4) is 11.5 Å². The molecule has 2 aliphatic carbocycles. The number of aliphatic hydroxyl groups is 1. The Balaban J connectivity index is 1.98. The fraction of sp³-hybridized carbons (Fsp3) is 0.529. The van der Waals surface area contributed by atoms with E-state index >= 15 is 0 Å². The molecule has 0 fully saturated rings. The summed E-state index contributed by atoms with van der Waals surface area (Å²) in [7, 11) is 1.66. The molecule has 0 aromatic heterocycles. The molecule has 0 bridgehead atoms. The average molecular weight is 287 g/mol. The topological polar surface area (TPSA) is 64.7 Å². The van der Waals surface area contributed by atoms with Gasteiger partial charge in [-0.2, -0.15) is 0 Å². The third-order valence-electron chi connectivity index (χ3n) is 5.25. The van der Waals surface area contributed by atoms with Crippen molar-refractivity contribution in [2.75, 3.05) is 7.11 Å². The van der Waals surface area contributed by atoms with E-state index in [1.807, 2.05) is 12.1 Å². The van der Waals surface area contributed by atoms with Crippen molar-refractivity contribution in [2.45, 2.75) is 49.3 Å². The average Bonchev–Trinajstić information content (AvgIpc) is 2.73. The summed E-state index contributed by atoms with van der Waals surface area (Å²) in [6, 6.07) is 4.08. The number of nitrogens with two attached hydrogens (primary N) is 1. The second-order valence-electron chi connectivity index (χ2n) is 6.37. The number of ether oxygens (including phenoxy) is 2. The predicted molar refractivity (Wildman–Crippen MR) is 79.6 cm³/mol. The summed E-state index contributed by atoms with van der Waals surface area (Å²) in [5.41, 5.74) is 8.59. The van der Waals surface area contributed by atoms with Gasteiger partial charge in [0.05, 0.1) is 18.6 Å². The van der Waals surface area contributed by atoms with E-state index in [9.17, 15) is 5.11 Å². The lowest BCUT2D eigenvalue weighted by molar-refractivity contribution is 0.0841. The first-order valence-corrected chi connectivity index (χ1v) is 7.67. The smallest absolute Gasteiger partial charge is 0.166 e. The van der Waals surface area contributed by atoms with E-state index in [1.54, 1.807) is 7.11 Å². The predicted octanol–water partition coefficient (Wildman–Crippen LogP) is 2.20. The van der Waals surface area contributed by atoms with Crippen LogP contribution in [0.3, 0.4) is 0 Å². The highest BCUT2D eigenvalue weighted by molar-refractivity contribution is 5.61. The molecule has 4 rings (SSSR count). The van der Waals surface area contributed by atoms with Crippen molar-refractivity contribution in [3.63, 3.8) is 0 Å². The maximum atomic E-state index is 9.96. The Kier molecular flexibility index (Phi) is 2.81. The van der Waals surface area contributed by atoms with Gasteiger partial charge >= 0.3 is 0 Å². The summed E-state index contributed by atoms with van der Waals surface area (Å²) in [5, 5.41) is 9.96. The second kappa shape index (κ2) is 4.49. The zero-order chi connectivity index (χ0) is 14.6. The van der Waals surface area contributed by atoms with Crippen LogP contribution in [0.4, 0.5) is 0 Å². The van der Waals surface area contributed by atoms with Crippen molar-refractivity contribution in [1.82, 2.24) is 0 Å². The molecule has 4 nitrogen and oxygen atoms in total. The third-order valence-corrected chi connectivity index (χ3v) is 5.25. The first-order chi connectivity index (χ1) is 10.2. The van der Waals surface area contributed by atoms with E-state index in [4.69, 9.17) is 15.2 Å². The zero-order valence-electron chi connectivity index (χ0n) is 12.2. The molecule has 4 atom stereocenters. The Labute approximate surface area is 124 Å². The molecule has 0 saturated carbocycles. The summed E-state index contributed by atoms with van der Waals surface area (Å²) in [5.74, 6) is 1.59. The largest absolute Gasteiger partial charge is 0.493 e. The van der Waals surface area contributed by atoms with Crippen LogP contribution >= 0.6 is 0 Å². The monoisotopic (exact) mass is 287 g/mol. The minimum atomic E-state index is -0.429. The summed E-state index contributed by atoms with van der Waals surface area (Å²) in [4.78, 5) is 0. The van der Waals surface area contributed by atoms with Gasteiger partial charge in [-0.3, -0.25) is 0 Å². The number of aliphatic hydroxyl groups excluding tert-OH is 1. The normalized spacial score (nSPS) is 36.4. The van der Waals surface area contributed by atoms with Crippen molar-refractivity contribution in [2.24, 2.45) is 5.73 Å². The van der Waals surface area contributed by atoms with Gasteiger partial charge in [-0.25, -0.2) is 0 Å². The Bertz CT molecular complexity index is 612. The van der Waals surface area contributed by atoms with Crippen LogP contribution in [0.1, 0.15) is 42.9 Å². The third kappa shape index (κ3) is 1.69. The molecule has 1 spiro atoms. The first kappa shape index (κ1) is 13.2. The molecule has 0 saturated heterocycles. The van der Waals surface area contributed by atoms with Gasteiger partial charge in [0.1, 0.15) is 6.10 Å². The van der Waals surface area contributed by atoms with Gasteiger partial charge in [0.2, 0.25) is 0 Å².